The lowest BCUT2D eigenvalue weighted by Gasteiger charge is -2.28. The van der Waals surface area contributed by atoms with Crippen LogP contribution in [-0.2, 0) is 19.6 Å². The molecule has 0 bridgehead atoms. The number of hydrogen-bond acceptors (Lipinski definition) is 5. The molecule has 1 N–H and O–H groups in total. The van der Waals surface area contributed by atoms with Crippen LogP contribution in [0, 0.1) is 0 Å². The average Bonchev–Trinajstić information content (AvgIpc) is 2.63. The van der Waals surface area contributed by atoms with Crippen molar-refractivity contribution in [2.24, 2.45) is 0 Å². The van der Waals surface area contributed by atoms with Gasteiger partial charge in [0.05, 0.1) is 34.7 Å². The first-order chi connectivity index (χ1) is 13.0. The molecule has 0 saturated carbocycles. The van der Waals surface area contributed by atoms with Crippen LogP contribution >= 0.6 is 23.2 Å². The summed E-state index contributed by atoms with van der Waals surface area (Å²) >= 11 is 11.9. The minimum Gasteiger partial charge on any atom is -0.465 e. The van der Waals surface area contributed by atoms with Gasteiger partial charge in [0.2, 0.25) is 15.9 Å². The normalized spacial score (nSPS) is 12.2. The molecule has 28 heavy (non-hydrogen) atoms. The number of sulfonamides is 1. The molecule has 0 aliphatic rings. The molecule has 0 aromatic heterocycles. The number of ether oxygens (including phenoxy) is 1. The van der Waals surface area contributed by atoms with Crippen LogP contribution in [0.4, 0.5) is 11.4 Å². The number of methoxy groups -OCH3 is 1. The molecule has 2 aromatic carbocycles. The van der Waals surface area contributed by atoms with Gasteiger partial charge in [0, 0.05) is 5.69 Å². The predicted octanol–water partition coefficient (Wildman–Crippen LogP) is 3.57. The second kappa shape index (κ2) is 8.81. The van der Waals surface area contributed by atoms with Crippen LogP contribution in [0.1, 0.15) is 17.3 Å². The summed E-state index contributed by atoms with van der Waals surface area (Å²) in [6, 6.07) is 9.21. The van der Waals surface area contributed by atoms with Gasteiger partial charge < -0.3 is 10.1 Å². The van der Waals surface area contributed by atoms with Crippen molar-refractivity contribution >= 4 is 56.5 Å². The van der Waals surface area contributed by atoms with Crippen LogP contribution < -0.4 is 9.62 Å². The van der Waals surface area contributed by atoms with E-state index in [4.69, 9.17) is 23.2 Å². The highest BCUT2D eigenvalue weighted by molar-refractivity contribution is 7.92. The third-order valence-corrected chi connectivity index (χ3v) is 5.80. The molecule has 0 aliphatic heterocycles. The standard InChI is InChI=1S/C18H18Cl2N2O5S/c1-11(17(23)21-13-6-4-12(5-7-13)18(24)27-2)22(28(3,25)26)14-8-9-15(19)16(20)10-14/h4-11H,1-3H3,(H,21,23)/t11-/m0/s1. The van der Waals surface area contributed by atoms with Gasteiger partial charge in [-0.3, -0.25) is 9.10 Å². The predicted molar refractivity (Wildman–Crippen MR) is 110 cm³/mol. The van der Waals surface area contributed by atoms with E-state index in [1.165, 1.54) is 56.5 Å². The zero-order valence-electron chi connectivity index (χ0n) is 15.3. The summed E-state index contributed by atoms with van der Waals surface area (Å²) in [5.41, 5.74) is 0.926. The second-order valence-electron chi connectivity index (χ2n) is 5.89. The van der Waals surface area contributed by atoms with Crippen molar-refractivity contribution in [1.82, 2.24) is 0 Å². The van der Waals surface area contributed by atoms with Gasteiger partial charge in [0.25, 0.3) is 0 Å². The van der Waals surface area contributed by atoms with E-state index in [-0.39, 0.29) is 15.7 Å². The molecule has 0 radical (unpaired) electrons. The first-order valence-electron chi connectivity index (χ1n) is 7.98. The second-order valence-corrected chi connectivity index (χ2v) is 8.57. The molecule has 1 amide bonds. The Labute approximate surface area is 173 Å². The molecule has 7 nitrogen and oxygen atoms in total. The molecular formula is C18H18Cl2N2O5S. The molecule has 10 heteroatoms. The van der Waals surface area contributed by atoms with Crippen molar-refractivity contribution in [3.63, 3.8) is 0 Å². The molecule has 1 atom stereocenters. The summed E-state index contributed by atoms with van der Waals surface area (Å²) in [6.45, 7) is 1.45. The summed E-state index contributed by atoms with van der Waals surface area (Å²) in [5, 5.41) is 3.05. The van der Waals surface area contributed by atoms with Gasteiger partial charge in [-0.25, -0.2) is 13.2 Å². The zero-order valence-corrected chi connectivity index (χ0v) is 17.6. The summed E-state index contributed by atoms with van der Waals surface area (Å²) in [6.07, 6.45) is 0.991. The van der Waals surface area contributed by atoms with E-state index in [0.717, 1.165) is 10.6 Å². The molecule has 0 unspecified atom stereocenters. The first-order valence-corrected chi connectivity index (χ1v) is 10.6. The van der Waals surface area contributed by atoms with Crippen molar-refractivity contribution in [3.8, 4) is 0 Å². The summed E-state index contributed by atoms with van der Waals surface area (Å²) < 4.78 is 30.2. The Hall–Kier alpha value is -2.29. The third kappa shape index (κ3) is 5.15. The highest BCUT2D eigenvalue weighted by Crippen LogP contribution is 2.29. The summed E-state index contributed by atoms with van der Waals surface area (Å²) in [5.74, 6) is -1.07. The average molecular weight is 445 g/mol. The van der Waals surface area contributed by atoms with E-state index in [1.807, 2.05) is 0 Å². The molecule has 0 saturated heterocycles. The highest BCUT2D eigenvalue weighted by Gasteiger charge is 2.29. The number of hydrogen-bond donors (Lipinski definition) is 1. The molecular weight excluding hydrogens is 427 g/mol. The zero-order chi connectivity index (χ0) is 21.1. The lowest BCUT2D eigenvalue weighted by molar-refractivity contribution is -0.116. The van der Waals surface area contributed by atoms with Crippen molar-refractivity contribution in [2.75, 3.05) is 23.0 Å². The maximum Gasteiger partial charge on any atom is 0.337 e. The molecule has 0 aliphatic carbocycles. The number of esters is 1. The van der Waals surface area contributed by atoms with Crippen LogP contribution in [0.5, 0.6) is 0 Å². The lowest BCUT2D eigenvalue weighted by Crippen LogP contribution is -2.45. The van der Waals surface area contributed by atoms with E-state index in [1.54, 1.807) is 0 Å². The van der Waals surface area contributed by atoms with Crippen molar-refractivity contribution in [1.29, 1.82) is 0 Å². The maximum absolute atomic E-state index is 12.6. The number of halogens is 2. The smallest absolute Gasteiger partial charge is 0.337 e. The van der Waals surface area contributed by atoms with Crippen LogP contribution in [0.2, 0.25) is 10.0 Å². The van der Waals surface area contributed by atoms with Crippen molar-refractivity contribution in [3.05, 3.63) is 58.1 Å². The van der Waals surface area contributed by atoms with E-state index < -0.39 is 27.9 Å². The topological polar surface area (TPSA) is 92.8 Å². The molecule has 0 spiro atoms. The van der Waals surface area contributed by atoms with Gasteiger partial charge in [-0.2, -0.15) is 0 Å². The quantitative estimate of drug-likeness (QED) is 0.687. The minimum absolute atomic E-state index is 0.166. The van der Waals surface area contributed by atoms with E-state index >= 15 is 0 Å². The van der Waals surface area contributed by atoms with Crippen molar-refractivity contribution in [2.45, 2.75) is 13.0 Å². The van der Waals surface area contributed by atoms with Gasteiger partial charge in [0.1, 0.15) is 6.04 Å². The number of benzene rings is 2. The van der Waals surface area contributed by atoms with Crippen LogP contribution in [-0.4, -0.2) is 39.7 Å². The van der Waals surface area contributed by atoms with Crippen LogP contribution in [0.3, 0.4) is 0 Å². The lowest BCUT2D eigenvalue weighted by atomic mass is 10.2. The van der Waals surface area contributed by atoms with E-state index in [9.17, 15) is 18.0 Å². The number of nitrogens with zero attached hydrogens (tertiary/aromatic N) is 1. The molecule has 2 aromatic rings. The van der Waals surface area contributed by atoms with Gasteiger partial charge in [0.15, 0.2) is 0 Å². The first kappa shape index (κ1) is 22.0. The molecule has 150 valence electrons. The Morgan fingerprint density at radius 1 is 1.07 bits per heavy atom. The van der Waals surface area contributed by atoms with Crippen LogP contribution in [0.25, 0.3) is 0 Å². The third-order valence-electron chi connectivity index (χ3n) is 3.82. The Kier molecular flexibility index (Phi) is 6.92. The SMILES string of the molecule is COC(=O)c1ccc(NC(=O)[C@H](C)N(c2ccc(Cl)c(Cl)c2)S(C)(=O)=O)cc1. The number of anilines is 2. The number of carbonyl (C=O) groups is 2. The van der Waals surface area contributed by atoms with Crippen molar-refractivity contribution < 1.29 is 22.7 Å². The van der Waals surface area contributed by atoms with Gasteiger partial charge in [-0.05, 0) is 49.4 Å². The monoisotopic (exact) mass is 444 g/mol. The molecule has 2 rings (SSSR count). The van der Waals surface area contributed by atoms with E-state index in [0.29, 0.717) is 11.3 Å². The van der Waals surface area contributed by atoms with Gasteiger partial charge in [-0.15, -0.1) is 0 Å². The molecule has 0 fully saturated rings. The van der Waals surface area contributed by atoms with Crippen LogP contribution in [0.15, 0.2) is 42.5 Å². The molecule has 0 heterocycles. The Morgan fingerprint density at radius 3 is 2.18 bits per heavy atom. The van der Waals surface area contributed by atoms with Gasteiger partial charge >= 0.3 is 5.97 Å². The Balaban J connectivity index is 2.26. The van der Waals surface area contributed by atoms with Gasteiger partial charge in [-0.1, -0.05) is 23.2 Å². The fourth-order valence-electron chi connectivity index (χ4n) is 2.49. The maximum atomic E-state index is 12.6. The largest absolute Gasteiger partial charge is 0.465 e. The number of nitrogens with one attached hydrogen (secondary N) is 1. The van der Waals surface area contributed by atoms with E-state index in [2.05, 4.69) is 10.1 Å². The highest BCUT2D eigenvalue weighted by atomic mass is 35.5. The Bertz CT molecular complexity index is 994. The fraction of sp³-hybridized carbons (Fsp3) is 0.222. The summed E-state index contributed by atoms with van der Waals surface area (Å²) in [7, 11) is -2.53. The number of rotatable bonds is 6. The summed E-state index contributed by atoms with van der Waals surface area (Å²) in [4.78, 5) is 24.1. The fourth-order valence-corrected chi connectivity index (χ4v) is 3.94. The number of carbonyl (C=O) groups excluding carboxylic acids is 2. The minimum atomic E-state index is -3.80. The Morgan fingerprint density at radius 2 is 1.68 bits per heavy atom. The number of amides is 1.